The predicted molar refractivity (Wildman–Crippen MR) is 70.4 cm³/mol. The predicted octanol–water partition coefficient (Wildman–Crippen LogP) is 3.10. The van der Waals surface area contributed by atoms with E-state index in [9.17, 15) is 8.78 Å². The molecule has 0 amide bonds. The van der Waals surface area contributed by atoms with Crippen molar-refractivity contribution in [3.8, 4) is 0 Å². The minimum Gasteiger partial charge on any atom is -0.366 e. The molecule has 0 aliphatic rings. The fraction of sp³-hybridized carbons (Fsp3) is 0.0769. The molecule has 0 radical (unpaired) electrons. The van der Waals surface area contributed by atoms with E-state index in [-0.39, 0.29) is 11.6 Å². The van der Waals surface area contributed by atoms with E-state index in [1.807, 2.05) is 0 Å². The van der Waals surface area contributed by atoms with Gasteiger partial charge in [-0.3, -0.25) is 0 Å². The molecule has 0 spiro atoms. The van der Waals surface area contributed by atoms with Crippen LogP contribution in [-0.4, -0.2) is 16.5 Å². The fourth-order valence-corrected chi connectivity index (χ4v) is 1.42. The van der Waals surface area contributed by atoms with E-state index in [0.717, 1.165) is 12.1 Å². The minimum absolute atomic E-state index is 0.109. The van der Waals surface area contributed by atoms with Gasteiger partial charge in [-0.1, -0.05) is 12.1 Å². The number of nitrogens with one attached hydrogen (secondary N) is 2. The number of halogens is 2. The first-order valence-electron chi connectivity index (χ1n) is 5.59. The van der Waals surface area contributed by atoms with E-state index in [1.54, 1.807) is 12.1 Å². The van der Waals surface area contributed by atoms with E-state index in [2.05, 4.69) is 27.2 Å². The van der Waals surface area contributed by atoms with Crippen LogP contribution in [0.15, 0.2) is 43.1 Å². The van der Waals surface area contributed by atoms with Crippen LogP contribution in [0.2, 0.25) is 0 Å². The topological polar surface area (TPSA) is 49.8 Å². The molecule has 2 N–H and O–H groups in total. The first-order chi connectivity index (χ1) is 9.20. The van der Waals surface area contributed by atoms with Gasteiger partial charge in [-0.2, -0.15) is 4.98 Å². The summed E-state index contributed by atoms with van der Waals surface area (Å²) >= 11 is 0. The fourth-order valence-electron chi connectivity index (χ4n) is 1.42. The van der Waals surface area contributed by atoms with Crippen molar-refractivity contribution in [3.05, 3.63) is 54.8 Å². The van der Waals surface area contributed by atoms with E-state index in [4.69, 9.17) is 0 Å². The molecule has 98 valence electrons. The van der Waals surface area contributed by atoms with E-state index >= 15 is 0 Å². The summed E-state index contributed by atoms with van der Waals surface area (Å²) in [5.74, 6) is -0.756. The molecule has 6 heteroatoms. The van der Waals surface area contributed by atoms with Gasteiger partial charge in [-0.05, 0) is 18.2 Å². The Kier molecular flexibility index (Phi) is 4.02. The number of rotatable bonds is 5. The number of nitrogens with zero attached hydrogens (tertiary/aromatic N) is 2. The molecule has 1 aromatic heterocycles. The molecule has 19 heavy (non-hydrogen) atoms. The third kappa shape index (κ3) is 3.25. The van der Waals surface area contributed by atoms with Gasteiger partial charge in [0.1, 0.15) is 23.1 Å². The van der Waals surface area contributed by atoms with Crippen LogP contribution in [0.3, 0.4) is 0 Å². The van der Waals surface area contributed by atoms with Crippen LogP contribution in [0.4, 0.5) is 26.2 Å². The second-order valence-electron chi connectivity index (χ2n) is 3.66. The van der Waals surface area contributed by atoms with Crippen molar-refractivity contribution < 1.29 is 8.78 Å². The van der Waals surface area contributed by atoms with E-state index in [0.29, 0.717) is 12.4 Å². The zero-order valence-electron chi connectivity index (χ0n) is 10.0. The van der Waals surface area contributed by atoms with Crippen LogP contribution in [0.1, 0.15) is 0 Å². The quantitative estimate of drug-likeness (QED) is 0.813. The second kappa shape index (κ2) is 5.90. The number of hydrogen-bond donors (Lipinski definition) is 2. The van der Waals surface area contributed by atoms with Crippen molar-refractivity contribution in [3.63, 3.8) is 0 Å². The van der Waals surface area contributed by atoms with Crippen molar-refractivity contribution in [1.82, 2.24) is 9.97 Å². The molecule has 0 fully saturated rings. The average Bonchev–Trinajstić information content (AvgIpc) is 2.41. The summed E-state index contributed by atoms with van der Waals surface area (Å²) in [4.78, 5) is 7.98. The van der Waals surface area contributed by atoms with E-state index in [1.165, 1.54) is 12.3 Å². The zero-order valence-corrected chi connectivity index (χ0v) is 10.0. The van der Waals surface area contributed by atoms with Crippen LogP contribution in [0, 0.1) is 11.6 Å². The lowest BCUT2D eigenvalue weighted by Crippen LogP contribution is -2.05. The highest BCUT2D eigenvalue weighted by atomic mass is 19.1. The molecule has 0 unspecified atom stereocenters. The Labute approximate surface area is 109 Å². The van der Waals surface area contributed by atoms with Crippen LogP contribution in [-0.2, 0) is 0 Å². The molecular weight excluding hydrogens is 250 g/mol. The van der Waals surface area contributed by atoms with Gasteiger partial charge in [0.2, 0.25) is 5.95 Å². The molecule has 1 heterocycles. The van der Waals surface area contributed by atoms with Gasteiger partial charge in [0.25, 0.3) is 0 Å². The zero-order chi connectivity index (χ0) is 13.7. The first-order valence-corrected chi connectivity index (χ1v) is 5.59. The lowest BCUT2D eigenvalue weighted by atomic mass is 10.3. The van der Waals surface area contributed by atoms with Crippen LogP contribution in [0.25, 0.3) is 0 Å². The van der Waals surface area contributed by atoms with Gasteiger partial charge in [0, 0.05) is 12.7 Å². The molecule has 0 saturated carbocycles. The van der Waals surface area contributed by atoms with Gasteiger partial charge in [0.05, 0.1) is 0 Å². The highest BCUT2D eigenvalue weighted by Gasteiger charge is 2.09. The highest BCUT2D eigenvalue weighted by Crippen LogP contribution is 2.21. The Bertz CT molecular complexity index is 566. The number of hydrogen-bond acceptors (Lipinski definition) is 4. The Morgan fingerprint density at radius 2 is 1.95 bits per heavy atom. The van der Waals surface area contributed by atoms with Crippen molar-refractivity contribution in [2.75, 3.05) is 17.2 Å². The lowest BCUT2D eigenvalue weighted by Gasteiger charge is -2.08. The molecule has 2 aromatic rings. The third-order valence-electron chi connectivity index (χ3n) is 2.28. The molecule has 4 nitrogen and oxygen atoms in total. The highest BCUT2D eigenvalue weighted by molar-refractivity contribution is 5.56. The van der Waals surface area contributed by atoms with Gasteiger partial charge < -0.3 is 10.6 Å². The molecule has 0 aliphatic heterocycles. The van der Waals surface area contributed by atoms with Crippen LogP contribution >= 0.6 is 0 Å². The maximum atomic E-state index is 13.5. The molecule has 0 aliphatic carbocycles. The average molecular weight is 262 g/mol. The maximum Gasteiger partial charge on any atom is 0.229 e. The summed E-state index contributed by atoms with van der Waals surface area (Å²) in [6.45, 7) is 4.10. The number of aromatic nitrogens is 2. The van der Waals surface area contributed by atoms with Crippen molar-refractivity contribution in [2.24, 2.45) is 0 Å². The third-order valence-corrected chi connectivity index (χ3v) is 2.28. The van der Waals surface area contributed by atoms with Crippen molar-refractivity contribution in [2.45, 2.75) is 0 Å². The van der Waals surface area contributed by atoms with Crippen LogP contribution in [0.5, 0.6) is 0 Å². The minimum atomic E-state index is -0.701. The molecule has 0 saturated heterocycles. The van der Waals surface area contributed by atoms with Gasteiger partial charge in [0.15, 0.2) is 0 Å². The number of benzene rings is 1. The second-order valence-corrected chi connectivity index (χ2v) is 3.66. The van der Waals surface area contributed by atoms with Crippen molar-refractivity contribution in [1.29, 1.82) is 0 Å². The molecule has 0 bridgehead atoms. The summed E-state index contributed by atoms with van der Waals surface area (Å²) in [5.41, 5.74) is -0.275. The summed E-state index contributed by atoms with van der Waals surface area (Å²) in [5, 5.41) is 5.47. The monoisotopic (exact) mass is 262 g/mol. The standard InChI is InChI=1S/C13H12F2N4/c1-2-7-16-11-6-8-17-13(18-11)19-12-9(14)4-3-5-10(12)15/h2-6,8H,1,7H2,(H2,16,17,18,19). The summed E-state index contributed by atoms with van der Waals surface area (Å²) in [6.07, 6.45) is 3.16. The normalized spacial score (nSPS) is 10.0. The van der Waals surface area contributed by atoms with Gasteiger partial charge in [-0.25, -0.2) is 13.8 Å². The Balaban J connectivity index is 2.21. The van der Waals surface area contributed by atoms with Gasteiger partial charge in [-0.15, -0.1) is 6.58 Å². The first kappa shape index (κ1) is 12.9. The summed E-state index contributed by atoms with van der Waals surface area (Å²) < 4.78 is 26.9. The summed E-state index contributed by atoms with van der Waals surface area (Å²) in [7, 11) is 0. The molecule has 2 rings (SSSR count). The SMILES string of the molecule is C=CCNc1ccnc(Nc2c(F)cccc2F)n1. The molecular formula is C13H12F2N4. The van der Waals surface area contributed by atoms with E-state index < -0.39 is 11.6 Å². The number of anilines is 3. The largest absolute Gasteiger partial charge is 0.366 e. The lowest BCUT2D eigenvalue weighted by molar-refractivity contribution is 0.590. The molecule has 1 aromatic carbocycles. The summed E-state index contributed by atoms with van der Waals surface area (Å²) in [6, 6.07) is 5.25. The maximum absolute atomic E-state index is 13.5. The molecule has 0 atom stereocenters. The van der Waals surface area contributed by atoms with Gasteiger partial charge >= 0.3 is 0 Å². The van der Waals surface area contributed by atoms with Crippen LogP contribution < -0.4 is 10.6 Å². The Morgan fingerprint density at radius 1 is 1.21 bits per heavy atom. The Morgan fingerprint density at radius 3 is 2.63 bits per heavy atom. The smallest absolute Gasteiger partial charge is 0.229 e. The number of para-hydroxylation sites is 1. The Hall–Kier alpha value is -2.50. The van der Waals surface area contributed by atoms with Crippen molar-refractivity contribution >= 4 is 17.5 Å².